The van der Waals surface area contributed by atoms with Crippen molar-refractivity contribution in [3.05, 3.63) is 35.4 Å². The highest BCUT2D eigenvalue weighted by atomic mass is 35.5. The van der Waals surface area contributed by atoms with Crippen LogP contribution < -0.4 is 5.32 Å². The lowest BCUT2D eigenvalue weighted by Crippen LogP contribution is -2.40. The van der Waals surface area contributed by atoms with E-state index >= 15 is 0 Å². The molecule has 1 aromatic rings. The predicted octanol–water partition coefficient (Wildman–Crippen LogP) is 2.25. The molecule has 1 saturated heterocycles. The van der Waals surface area contributed by atoms with E-state index in [1.165, 1.54) is 38.0 Å². The van der Waals surface area contributed by atoms with Gasteiger partial charge in [-0.1, -0.05) is 24.3 Å². The van der Waals surface area contributed by atoms with Gasteiger partial charge in [-0.15, -0.1) is 24.8 Å². The minimum absolute atomic E-state index is 0. The van der Waals surface area contributed by atoms with E-state index in [1.807, 2.05) is 0 Å². The summed E-state index contributed by atoms with van der Waals surface area (Å²) in [6.07, 6.45) is 2.55. The second kappa shape index (κ2) is 6.60. The average molecular weight is 275 g/mol. The van der Waals surface area contributed by atoms with Crippen LogP contribution in [0.15, 0.2) is 24.3 Å². The molecule has 1 atom stereocenters. The van der Waals surface area contributed by atoms with Gasteiger partial charge in [-0.05, 0) is 30.5 Å². The van der Waals surface area contributed by atoms with Crippen molar-refractivity contribution >= 4 is 24.8 Å². The molecule has 0 aliphatic carbocycles. The van der Waals surface area contributed by atoms with Crippen molar-refractivity contribution in [2.75, 3.05) is 19.6 Å². The van der Waals surface area contributed by atoms with Crippen molar-refractivity contribution in [1.82, 2.24) is 10.2 Å². The maximum absolute atomic E-state index is 3.45. The first-order valence-corrected chi connectivity index (χ1v) is 5.95. The Morgan fingerprint density at radius 2 is 1.88 bits per heavy atom. The highest BCUT2D eigenvalue weighted by Gasteiger charge is 2.25. The van der Waals surface area contributed by atoms with Crippen molar-refractivity contribution in [3.8, 4) is 0 Å². The van der Waals surface area contributed by atoms with Gasteiger partial charge in [0.15, 0.2) is 0 Å². The molecule has 1 fully saturated rings. The minimum atomic E-state index is 0. The smallest absolute Gasteiger partial charge is 0.0240 e. The van der Waals surface area contributed by atoms with Crippen LogP contribution in [0.1, 0.15) is 17.5 Å². The van der Waals surface area contributed by atoms with Gasteiger partial charge in [0.05, 0.1) is 0 Å². The summed E-state index contributed by atoms with van der Waals surface area (Å²) >= 11 is 0. The summed E-state index contributed by atoms with van der Waals surface area (Å²) in [5.41, 5.74) is 3.09. The normalized spacial score (nSPS) is 23.4. The Hall–Kier alpha value is -0.280. The standard InChI is InChI=1S/C13H18N2.2ClH/c1-2-4-12-10-15(8-6-11(12)3-1)13-5-7-14-9-13;;/h1-4,13-14H,5-10H2;2*1H. The number of nitrogens with one attached hydrogen (secondary N) is 1. The Morgan fingerprint density at radius 3 is 2.59 bits per heavy atom. The van der Waals surface area contributed by atoms with E-state index in [0.717, 1.165) is 12.6 Å². The SMILES string of the molecule is Cl.Cl.c1ccc2c(c1)CCN(C1CCNC1)C2. The number of fused-ring (bicyclic) bond motifs is 1. The lowest BCUT2D eigenvalue weighted by atomic mass is 9.98. The molecule has 2 aliphatic heterocycles. The Balaban J connectivity index is 0.000000722. The number of nitrogens with zero attached hydrogens (tertiary/aromatic N) is 1. The van der Waals surface area contributed by atoms with Crippen molar-refractivity contribution in [1.29, 1.82) is 0 Å². The largest absolute Gasteiger partial charge is 0.315 e. The number of hydrogen-bond acceptors (Lipinski definition) is 2. The fourth-order valence-electron chi connectivity index (χ4n) is 2.78. The monoisotopic (exact) mass is 274 g/mol. The molecule has 0 spiro atoms. The molecule has 3 rings (SSSR count). The molecular weight excluding hydrogens is 255 g/mol. The van der Waals surface area contributed by atoms with E-state index in [4.69, 9.17) is 0 Å². The number of benzene rings is 1. The van der Waals surface area contributed by atoms with Gasteiger partial charge in [0.1, 0.15) is 0 Å². The van der Waals surface area contributed by atoms with Gasteiger partial charge in [-0.3, -0.25) is 4.90 Å². The van der Waals surface area contributed by atoms with Crippen molar-refractivity contribution in [2.45, 2.75) is 25.4 Å². The van der Waals surface area contributed by atoms with E-state index in [-0.39, 0.29) is 24.8 Å². The second-order valence-corrected chi connectivity index (χ2v) is 4.64. The molecule has 0 bridgehead atoms. The van der Waals surface area contributed by atoms with Gasteiger partial charge in [-0.2, -0.15) is 0 Å². The second-order valence-electron chi connectivity index (χ2n) is 4.64. The molecule has 1 N–H and O–H groups in total. The molecule has 1 unspecified atom stereocenters. The summed E-state index contributed by atoms with van der Waals surface area (Å²) in [5, 5.41) is 3.45. The number of halogens is 2. The van der Waals surface area contributed by atoms with E-state index in [0.29, 0.717) is 0 Å². The fourth-order valence-corrected chi connectivity index (χ4v) is 2.78. The van der Waals surface area contributed by atoms with Crippen LogP contribution in [0.2, 0.25) is 0 Å². The molecule has 4 heteroatoms. The molecule has 0 aromatic heterocycles. The van der Waals surface area contributed by atoms with E-state index in [9.17, 15) is 0 Å². The van der Waals surface area contributed by atoms with Gasteiger partial charge >= 0.3 is 0 Å². The molecule has 96 valence electrons. The summed E-state index contributed by atoms with van der Waals surface area (Å²) in [6.45, 7) is 4.77. The summed E-state index contributed by atoms with van der Waals surface area (Å²) in [5.74, 6) is 0. The van der Waals surface area contributed by atoms with Crippen LogP contribution in [0, 0.1) is 0 Å². The Morgan fingerprint density at radius 1 is 1.12 bits per heavy atom. The Bertz CT molecular complexity index is 351. The molecule has 1 aromatic carbocycles. The molecule has 0 amide bonds. The molecule has 2 heterocycles. The molecular formula is C13H20Cl2N2. The van der Waals surface area contributed by atoms with Crippen LogP contribution in [0.3, 0.4) is 0 Å². The lowest BCUT2D eigenvalue weighted by molar-refractivity contribution is 0.190. The molecule has 2 aliphatic rings. The maximum Gasteiger partial charge on any atom is 0.0240 e. The topological polar surface area (TPSA) is 15.3 Å². The zero-order valence-corrected chi connectivity index (χ0v) is 11.5. The van der Waals surface area contributed by atoms with Crippen molar-refractivity contribution in [3.63, 3.8) is 0 Å². The van der Waals surface area contributed by atoms with Gasteiger partial charge in [0.25, 0.3) is 0 Å². The fraction of sp³-hybridized carbons (Fsp3) is 0.538. The van der Waals surface area contributed by atoms with Crippen molar-refractivity contribution in [2.24, 2.45) is 0 Å². The zero-order valence-electron chi connectivity index (χ0n) is 9.89. The van der Waals surface area contributed by atoms with Crippen LogP contribution in [0.4, 0.5) is 0 Å². The molecule has 17 heavy (non-hydrogen) atoms. The van der Waals surface area contributed by atoms with E-state index in [1.54, 1.807) is 5.56 Å². The highest BCUT2D eigenvalue weighted by molar-refractivity contribution is 5.85. The first-order chi connectivity index (χ1) is 7.43. The summed E-state index contributed by atoms with van der Waals surface area (Å²) in [7, 11) is 0. The van der Waals surface area contributed by atoms with Crippen LogP contribution in [-0.4, -0.2) is 30.6 Å². The third-order valence-electron chi connectivity index (χ3n) is 3.71. The zero-order chi connectivity index (χ0) is 10.1. The molecule has 0 saturated carbocycles. The lowest BCUT2D eigenvalue weighted by Gasteiger charge is -2.33. The summed E-state index contributed by atoms with van der Waals surface area (Å²) in [4.78, 5) is 2.64. The maximum atomic E-state index is 3.45. The van der Waals surface area contributed by atoms with Crippen LogP contribution >= 0.6 is 24.8 Å². The van der Waals surface area contributed by atoms with Crippen LogP contribution in [-0.2, 0) is 13.0 Å². The van der Waals surface area contributed by atoms with E-state index < -0.39 is 0 Å². The van der Waals surface area contributed by atoms with Gasteiger partial charge in [-0.25, -0.2) is 0 Å². The van der Waals surface area contributed by atoms with Gasteiger partial charge < -0.3 is 5.32 Å². The van der Waals surface area contributed by atoms with Gasteiger partial charge in [0.2, 0.25) is 0 Å². The number of rotatable bonds is 1. The van der Waals surface area contributed by atoms with Gasteiger partial charge in [0, 0.05) is 25.7 Å². The first-order valence-electron chi connectivity index (χ1n) is 5.95. The Labute approximate surface area is 116 Å². The summed E-state index contributed by atoms with van der Waals surface area (Å²) < 4.78 is 0. The summed E-state index contributed by atoms with van der Waals surface area (Å²) in [6, 6.07) is 9.66. The number of hydrogen-bond donors (Lipinski definition) is 1. The van der Waals surface area contributed by atoms with Crippen LogP contribution in [0.5, 0.6) is 0 Å². The molecule has 0 radical (unpaired) electrons. The molecule has 2 nitrogen and oxygen atoms in total. The third-order valence-corrected chi connectivity index (χ3v) is 3.71. The minimum Gasteiger partial charge on any atom is -0.315 e. The van der Waals surface area contributed by atoms with E-state index in [2.05, 4.69) is 34.5 Å². The van der Waals surface area contributed by atoms with Crippen molar-refractivity contribution < 1.29 is 0 Å². The predicted molar refractivity (Wildman–Crippen MR) is 76.3 cm³/mol. The first kappa shape index (κ1) is 14.8. The average Bonchev–Trinajstić information content (AvgIpc) is 2.82. The third kappa shape index (κ3) is 3.14. The highest BCUT2D eigenvalue weighted by Crippen LogP contribution is 2.21. The van der Waals surface area contributed by atoms with Crippen LogP contribution in [0.25, 0.3) is 0 Å². The quantitative estimate of drug-likeness (QED) is 0.845. The Kier molecular flexibility index (Phi) is 5.74.